The maximum absolute atomic E-state index is 15.8. The minimum absolute atomic E-state index is 0.0667. The minimum atomic E-state index is -2.91. The van der Waals surface area contributed by atoms with Crippen LogP contribution in [0.5, 0.6) is 5.75 Å². The average molecular weight is 1020 g/mol. The summed E-state index contributed by atoms with van der Waals surface area (Å²) in [7, 11) is -1.91. The number of aromatic amines is 1. The first-order valence-electron chi connectivity index (χ1n) is 24.4. The van der Waals surface area contributed by atoms with Crippen LogP contribution in [0.1, 0.15) is 58.3 Å². The van der Waals surface area contributed by atoms with Gasteiger partial charge in [-0.3, -0.25) is 14.4 Å². The summed E-state index contributed by atoms with van der Waals surface area (Å²) in [6.45, 7) is 0. The van der Waals surface area contributed by atoms with E-state index in [0.717, 1.165) is 97.9 Å². The van der Waals surface area contributed by atoms with Crippen molar-refractivity contribution in [2.75, 3.05) is 7.11 Å². The predicted molar refractivity (Wildman–Crippen MR) is 290 cm³/mol. The number of allylic oxidation sites excluding steroid dienone is 2. The van der Waals surface area contributed by atoms with Crippen LogP contribution in [0.15, 0.2) is 171 Å². The van der Waals surface area contributed by atoms with E-state index in [9.17, 15) is 14.4 Å². The number of para-hydroxylation sites is 1. The molecule has 3 aromatic heterocycles. The fourth-order valence-corrected chi connectivity index (χ4v) is 12.0. The molecule has 1 aliphatic heterocycles. The number of aromatic nitrogens is 2. The molecule has 0 saturated carbocycles. The lowest BCUT2D eigenvalue weighted by molar-refractivity contribution is -0.340. The van der Waals surface area contributed by atoms with Gasteiger partial charge in [0.15, 0.2) is 11.4 Å². The molecule has 9 nitrogen and oxygen atoms in total. The van der Waals surface area contributed by atoms with E-state index < -0.39 is 24.5 Å². The van der Waals surface area contributed by atoms with Crippen LogP contribution >= 0.6 is 23.2 Å². The highest BCUT2D eigenvalue weighted by molar-refractivity contribution is 6.39. The number of esters is 1. The lowest BCUT2D eigenvalue weighted by atomic mass is 9.96. The molecule has 0 amide bonds. The molecule has 0 atom stereocenters. The molecular formula is C60H43BCl2F2N3O6+. The second-order valence-electron chi connectivity index (χ2n) is 18.7. The molecule has 74 heavy (non-hydrogen) atoms. The Morgan fingerprint density at radius 3 is 2.05 bits per heavy atom. The zero-order valence-corrected chi connectivity index (χ0v) is 41.3. The van der Waals surface area contributed by atoms with Gasteiger partial charge in [-0.2, -0.15) is 0 Å². The van der Waals surface area contributed by atoms with Gasteiger partial charge in [0, 0.05) is 80.2 Å². The summed E-state index contributed by atoms with van der Waals surface area (Å²) in [5.41, 5.74) is 10.1. The Hall–Kier alpha value is -7.90. The molecule has 13 rings (SSSR count). The van der Waals surface area contributed by atoms with Gasteiger partial charge in [-0.25, -0.2) is 17.7 Å². The number of aliphatic hydroxyl groups is 1. The summed E-state index contributed by atoms with van der Waals surface area (Å²) < 4.78 is 46.0. The van der Waals surface area contributed by atoms with Gasteiger partial charge >= 0.3 is 13.4 Å². The molecule has 0 spiro atoms. The molecule has 0 saturated heterocycles. The van der Waals surface area contributed by atoms with Crippen molar-refractivity contribution in [1.82, 2.24) is 9.55 Å². The molecule has 0 unspecified atom stereocenters. The van der Waals surface area contributed by atoms with Crippen molar-refractivity contribution in [3.05, 3.63) is 227 Å². The van der Waals surface area contributed by atoms with Crippen LogP contribution in [0, 0.1) is 0 Å². The zero-order valence-electron chi connectivity index (χ0n) is 39.8. The maximum Gasteiger partial charge on any atom is 0.935 e. The fourth-order valence-electron chi connectivity index (χ4n) is 11.4. The van der Waals surface area contributed by atoms with Gasteiger partial charge in [0.2, 0.25) is 0 Å². The van der Waals surface area contributed by atoms with E-state index in [1.807, 2.05) is 78.9 Å². The molecule has 2 aliphatic carbocycles. The molecule has 10 aromatic rings. The van der Waals surface area contributed by atoms with E-state index in [2.05, 4.69) is 17.1 Å². The second-order valence-corrected chi connectivity index (χ2v) is 19.5. The Bertz CT molecular complexity index is 4140. The third-order valence-corrected chi connectivity index (χ3v) is 15.1. The van der Waals surface area contributed by atoms with Crippen molar-refractivity contribution < 1.29 is 32.2 Å². The number of benzene rings is 7. The molecule has 14 heteroatoms. The number of nitrogens with one attached hydrogen (secondary N) is 1. The molecule has 364 valence electrons. The zero-order chi connectivity index (χ0) is 50.9. The van der Waals surface area contributed by atoms with Crippen LogP contribution in [-0.4, -0.2) is 45.3 Å². The Morgan fingerprint density at radius 2 is 1.32 bits per heavy atom. The van der Waals surface area contributed by atoms with Gasteiger partial charge in [-0.15, -0.1) is 0 Å². The van der Waals surface area contributed by atoms with Gasteiger partial charge in [-0.05, 0) is 115 Å². The van der Waals surface area contributed by atoms with Crippen LogP contribution in [0.4, 0.5) is 8.63 Å². The van der Waals surface area contributed by atoms with E-state index in [1.165, 1.54) is 17.7 Å². The van der Waals surface area contributed by atoms with E-state index >= 15 is 8.63 Å². The van der Waals surface area contributed by atoms with E-state index in [1.54, 1.807) is 42.5 Å². The number of aliphatic hydroxyl groups excluding tert-OH is 1. The highest BCUT2D eigenvalue weighted by Gasteiger charge is 2.48. The normalized spacial score (nSPS) is 14.7. The van der Waals surface area contributed by atoms with Crippen LogP contribution in [0.2, 0.25) is 10.0 Å². The largest absolute Gasteiger partial charge is 0.935 e. The van der Waals surface area contributed by atoms with Gasteiger partial charge in [0.25, 0.3) is 11.1 Å². The summed E-state index contributed by atoms with van der Waals surface area (Å²) in [6.07, 6.45) is 6.45. The second kappa shape index (κ2) is 18.9. The number of hydrogen-bond donors (Lipinski definition) is 2. The number of rotatable bonds is 7. The average Bonchev–Trinajstić information content (AvgIpc) is 3.89. The topological polar surface area (TPSA) is 118 Å². The van der Waals surface area contributed by atoms with Crippen LogP contribution in [0.3, 0.4) is 0 Å². The molecule has 0 fully saturated rings. The monoisotopic (exact) mass is 1020 g/mol. The van der Waals surface area contributed by atoms with Crippen molar-refractivity contribution in [2.24, 2.45) is 0 Å². The molecule has 2 N–H and O–H groups in total. The summed E-state index contributed by atoms with van der Waals surface area (Å²) in [4.78, 5) is 45.5. The number of aryl methyl sites for hydroxylation is 3. The predicted octanol–water partition coefficient (Wildman–Crippen LogP) is 12.8. The molecular weight excluding hydrogens is 978 g/mol. The Labute approximate surface area is 432 Å². The fraction of sp³-hybridized carbons (Fsp3) is 0.133. The quantitative estimate of drug-likeness (QED) is 0.0540. The van der Waals surface area contributed by atoms with Crippen molar-refractivity contribution in [2.45, 2.75) is 44.9 Å². The lowest BCUT2D eigenvalue weighted by Gasteiger charge is -2.15. The number of hydrogen-bond acceptors (Lipinski definition) is 6. The first-order valence-corrected chi connectivity index (χ1v) is 25.1. The summed E-state index contributed by atoms with van der Waals surface area (Å²) in [5.74, 6) is -0.563. The standard InChI is InChI=1S/C59H38BCl2F2N3O5.CH4O/c61-45-30-38(71-51(68)27-32-19-21-37(22-20-32)66-58(69)43-24-23-42-41-17-5-6-18-49(41)72-50-26-25-44(59(66)70)52(43)53(42)50)31-46(62)54(45)55(47-28-35-13-7-11-33-9-1-3-15-39(33)56(35)65-47)48-29-36-14-8-12-34-10-2-4-16-40(34)57(36)67(48)60(63)64;1-2/h1-6,9-10,15-26,28-31H,7-8,11-14,27H2;2H,1H3/p+1. The Kier molecular flexibility index (Phi) is 12.0. The molecule has 3 aliphatic rings. The Morgan fingerprint density at radius 1 is 0.703 bits per heavy atom. The SMILES string of the molecule is CO.O=C(Cc1ccc(-n2c(=O)c3ccc4oc5ccccc5c5ccc(c2=O)c3c45)cc1)Oc1cc(Cl)c(/C(=C2\C=C3CCCc4ccccc4C3=[N+]2B(F)F)c2cc3c([nH]2)-c2ccccc2CCC3)c(Cl)c1. The Balaban J connectivity index is 0.00000275. The summed E-state index contributed by atoms with van der Waals surface area (Å²) >= 11 is 14.4. The molecule has 4 heterocycles. The number of carbonyl (C=O) groups is 1. The van der Waals surface area contributed by atoms with E-state index in [-0.39, 0.29) is 27.9 Å². The smallest absolute Gasteiger partial charge is 0.456 e. The third-order valence-electron chi connectivity index (χ3n) is 14.5. The molecule has 0 radical (unpaired) electrons. The number of carbonyl (C=O) groups excluding carboxylic acids is 1. The van der Waals surface area contributed by atoms with Crippen LogP contribution in [-0.2, 0) is 30.5 Å². The van der Waals surface area contributed by atoms with Crippen LogP contribution < -0.4 is 15.9 Å². The first-order chi connectivity index (χ1) is 36.1. The van der Waals surface area contributed by atoms with Crippen molar-refractivity contribution in [3.8, 4) is 22.7 Å². The highest BCUT2D eigenvalue weighted by atomic mass is 35.5. The molecule has 0 bridgehead atoms. The minimum Gasteiger partial charge on any atom is -0.456 e. The van der Waals surface area contributed by atoms with Crippen molar-refractivity contribution >= 4 is 91.3 Å². The van der Waals surface area contributed by atoms with Crippen molar-refractivity contribution in [3.63, 3.8) is 0 Å². The number of halogens is 4. The highest BCUT2D eigenvalue weighted by Crippen LogP contribution is 2.45. The van der Waals surface area contributed by atoms with E-state index in [4.69, 9.17) is 37.5 Å². The van der Waals surface area contributed by atoms with Crippen LogP contribution in [0.25, 0.3) is 66.0 Å². The third kappa shape index (κ3) is 7.78. The number of fused-ring (bicyclic) bond motifs is 8. The molecule has 7 aromatic carbocycles. The number of nitrogens with zero attached hydrogens (tertiary/aromatic N) is 2. The summed E-state index contributed by atoms with van der Waals surface area (Å²) in [6, 6.07) is 42.3. The van der Waals surface area contributed by atoms with Gasteiger partial charge < -0.3 is 19.2 Å². The lowest BCUT2D eigenvalue weighted by Crippen LogP contribution is -2.31. The maximum atomic E-state index is 15.8. The summed E-state index contributed by atoms with van der Waals surface area (Å²) in [5, 5.41) is 11.0. The van der Waals surface area contributed by atoms with Gasteiger partial charge in [0.05, 0.1) is 33.4 Å². The number of ether oxygens (including phenoxy) is 1. The van der Waals surface area contributed by atoms with Gasteiger partial charge in [-0.1, -0.05) is 102 Å². The van der Waals surface area contributed by atoms with E-state index in [0.29, 0.717) is 67.5 Å². The van der Waals surface area contributed by atoms with Gasteiger partial charge in [0.1, 0.15) is 16.9 Å². The van der Waals surface area contributed by atoms with Crippen molar-refractivity contribution in [1.29, 1.82) is 0 Å². The first kappa shape index (κ1) is 47.1. The number of H-pyrrole nitrogens is 1. The number of pyridine rings is 1.